The molecule has 4 rings (SSSR count). The highest BCUT2D eigenvalue weighted by atomic mass is 16.5. The number of hydrogen-bond donors (Lipinski definition) is 1. The van der Waals surface area contributed by atoms with E-state index >= 15 is 0 Å². The minimum Gasteiger partial charge on any atom is -0.386 e. The summed E-state index contributed by atoms with van der Waals surface area (Å²) < 4.78 is 7.55. The third-order valence-corrected chi connectivity index (χ3v) is 5.38. The van der Waals surface area contributed by atoms with Crippen molar-refractivity contribution in [3.05, 3.63) is 48.0 Å². The largest absolute Gasteiger partial charge is 0.386 e. The fourth-order valence-electron chi connectivity index (χ4n) is 4.26. The maximum absolute atomic E-state index is 10.5. The van der Waals surface area contributed by atoms with Crippen LogP contribution in [-0.2, 0) is 17.8 Å². The van der Waals surface area contributed by atoms with Crippen LogP contribution in [0.4, 0.5) is 0 Å². The molecule has 0 spiro atoms. The normalized spacial score (nSPS) is 21.6. The SMILES string of the molecule is CCn1c2ccccc2c2cc(CN3CCC(O)(COC)C3)ccc21. The Morgan fingerprint density at radius 3 is 2.72 bits per heavy atom. The van der Waals surface area contributed by atoms with E-state index in [0.29, 0.717) is 13.2 Å². The van der Waals surface area contributed by atoms with Crippen LogP contribution in [0.5, 0.6) is 0 Å². The summed E-state index contributed by atoms with van der Waals surface area (Å²) in [4.78, 5) is 2.32. The summed E-state index contributed by atoms with van der Waals surface area (Å²) in [5, 5.41) is 13.2. The number of benzene rings is 2. The van der Waals surface area contributed by atoms with Gasteiger partial charge in [-0.05, 0) is 37.1 Å². The van der Waals surface area contributed by atoms with Crippen molar-refractivity contribution in [3.63, 3.8) is 0 Å². The molecule has 25 heavy (non-hydrogen) atoms. The van der Waals surface area contributed by atoms with Gasteiger partial charge in [0.25, 0.3) is 0 Å². The van der Waals surface area contributed by atoms with Crippen molar-refractivity contribution in [3.8, 4) is 0 Å². The van der Waals surface area contributed by atoms with Crippen molar-refractivity contribution >= 4 is 21.8 Å². The summed E-state index contributed by atoms with van der Waals surface area (Å²) in [7, 11) is 1.65. The molecule has 0 aliphatic carbocycles. The fraction of sp³-hybridized carbons (Fsp3) is 0.429. The molecule has 0 amide bonds. The highest BCUT2D eigenvalue weighted by Gasteiger charge is 2.35. The first kappa shape index (κ1) is 16.6. The van der Waals surface area contributed by atoms with Crippen molar-refractivity contribution in [2.24, 2.45) is 0 Å². The van der Waals surface area contributed by atoms with Crippen molar-refractivity contribution in [1.29, 1.82) is 0 Å². The first-order valence-electron chi connectivity index (χ1n) is 9.07. The second-order valence-corrected chi connectivity index (χ2v) is 7.23. The number of aromatic nitrogens is 1. The maximum Gasteiger partial charge on any atom is 0.102 e. The number of ether oxygens (including phenoxy) is 1. The zero-order valence-corrected chi connectivity index (χ0v) is 15.0. The smallest absolute Gasteiger partial charge is 0.102 e. The molecule has 1 aromatic heterocycles. The van der Waals surface area contributed by atoms with Crippen LogP contribution < -0.4 is 0 Å². The van der Waals surface area contributed by atoms with Gasteiger partial charge in [-0.15, -0.1) is 0 Å². The van der Waals surface area contributed by atoms with E-state index in [1.807, 2.05) is 0 Å². The number of aryl methyl sites for hydroxylation is 1. The Hall–Kier alpha value is -1.88. The van der Waals surface area contributed by atoms with Crippen molar-refractivity contribution in [2.45, 2.75) is 32.0 Å². The first-order valence-corrected chi connectivity index (χ1v) is 9.07. The Morgan fingerprint density at radius 1 is 1.12 bits per heavy atom. The Balaban J connectivity index is 1.65. The second-order valence-electron chi connectivity index (χ2n) is 7.23. The lowest BCUT2D eigenvalue weighted by molar-refractivity contribution is -0.0230. The molecule has 1 N–H and O–H groups in total. The Labute approximate surface area is 148 Å². The molecule has 0 bridgehead atoms. The quantitative estimate of drug-likeness (QED) is 0.775. The van der Waals surface area contributed by atoms with E-state index in [1.54, 1.807) is 7.11 Å². The Morgan fingerprint density at radius 2 is 1.92 bits per heavy atom. The summed E-state index contributed by atoms with van der Waals surface area (Å²) in [5.41, 5.74) is 3.20. The van der Waals surface area contributed by atoms with Crippen LogP contribution >= 0.6 is 0 Å². The summed E-state index contributed by atoms with van der Waals surface area (Å²) >= 11 is 0. The number of rotatable bonds is 5. The third-order valence-electron chi connectivity index (χ3n) is 5.38. The minimum absolute atomic E-state index is 0.409. The van der Waals surface area contributed by atoms with Gasteiger partial charge >= 0.3 is 0 Å². The summed E-state index contributed by atoms with van der Waals surface area (Å²) in [6, 6.07) is 15.4. The van der Waals surface area contributed by atoms with Crippen LogP contribution in [-0.4, -0.2) is 47.0 Å². The number of aliphatic hydroxyl groups is 1. The highest BCUT2D eigenvalue weighted by Crippen LogP contribution is 2.30. The number of hydrogen-bond acceptors (Lipinski definition) is 3. The zero-order valence-electron chi connectivity index (χ0n) is 15.0. The molecule has 2 heterocycles. The number of likely N-dealkylation sites (tertiary alicyclic amines) is 1. The lowest BCUT2D eigenvalue weighted by Crippen LogP contribution is -2.37. The van der Waals surface area contributed by atoms with Gasteiger partial charge < -0.3 is 14.4 Å². The van der Waals surface area contributed by atoms with Gasteiger partial charge in [-0.2, -0.15) is 0 Å². The van der Waals surface area contributed by atoms with Gasteiger partial charge in [0, 0.05) is 55.1 Å². The first-order chi connectivity index (χ1) is 12.1. The maximum atomic E-state index is 10.5. The molecule has 3 aromatic rings. The predicted octanol–water partition coefficient (Wildman–Crippen LogP) is 3.40. The molecule has 132 valence electrons. The third kappa shape index (κ3) is 2.95. The van der Waals surface area contributed by atoms with Gasteiger partial charge in [0.2, 0.25) is 0 Å². The average Bonchev–Trinajstić information content (AvgIpc) is 3.13. The number of β-amino-alcohol motifs (C(OH)–C–C–N with tert-alkyl or cyclic N) is 1. The zero-order chi connectivity index (χ0) is 17.4. The van der Waals surface area contributed by atoms with Crippen LogP contribution in [0.1, 0.15) is 18.9 Å². The van der Waals surface area contributed by atoms with Crippen molar-refractivity contribution in [2.75, 3.05) is 26.8 Å². The van der Waals surface area contributed by atoms with Gasteiger partial charge in [-0.3, -0.25) is 4.90 Å². The topological polar surface area (TPSA) is 37.6 Å². The van der Waals surface area contributed by atoms with Gasteiger partial charge in [-0.1, -0.05) is 24.3 Å². The van der Waals surface area contributed by atoms with E-state index in [-0.39, 0.29) is 0 Å². The molecule has 1 aliphatic rings. The lowest BCUT2D eigenvalue weighted by atomic mass is 10.1. The standard InChI is InChI=1S/C21H26N2O2/c1-3-23-19-7-5-4-6-17(19)18-12-16(8-9-20(18)23)13-22-11-10-21(24,14-22)15-25-2/h4-9,12,24H,3,10-11,13-15H2,1-2H3. The van der Waals surface area contributed by atoms with E-state index in [1.165, 1.54) is 27.4 Å². The summed E-state index contributed by atoms with van der Waals surface area (Å²) in [6.07, 6.45) is 0.776. The van der Waals surface area contributed by atoms with Gasteiger partial charge in [-0.25, -0.2) is 0 Å². The molecule has 0 saturated carbocycles. The molecule has 1 unspecified atom stereocenters. The summed E-state index contributed by atoms with van der Waals surface area (Å²) in [5.74, 6) is 0. The number of para-hydroxylation sites is 1. The Kier molecular flexibility index (Phi) is 4.28. The van der Waals surface area contributed by atoms with Gasteiger partial charge in [0.15, 0.2) is 0 Å². The van der Waals surface area contributed by atoms with Crippen LogP contribution in [0, 0.1) is 0 Å². The van der Waals surface area contributed by atoms with E-state index in [4.69, 9.17) is 4.74 Å². The molecular weight excluding hydrogens is 312 g/mol. The number of nitrogens with zero attached hydrogens (tertiary/aromatic N) is 2. The molecule has 1 aliphatic heterocycles. The second kappa shape index (κ2) is 6.45. The van der Waals surface area contributed by atoms with Gasteiger partial charge in [0.1, 0.15) is 5.60 Å². The monoisotopic (exact) mass is 338 g/mol. The molecule has 4 nitrogen and oxygen atoms in total. The molecule has 1 saturated heterocycles. The molecule has 4 heteroatoms. The van der Waals surface area contributed by atoms with Crippen molar-refractivity contribution in [1.82, 2.24) is 9.47 Å². The molecular formula is C21H26N2O2. The minimum atomic E-state index is -0.697. The van der Waals surface area contributed by atoms with E-state index in [9.17, 15) is 5.11 Å². The molecule has 0 radical (unpaired) electrons. The lowest BCUT2D eigenvalue weighted by Gasteiger charge is -2.22. The van der Waals surface area contributed by atoms with Crippen molar-refractivity contribution < 1.29 is 9.84 Å². The number of methoxy groups -OCH3 is 1. The van der Waals surface area contributed by atoms with Crippen LogP contribution in [0.2, 0.25) is 0 Å². The van der Waals surface area contributed by atoms with Crippen LogP contribution in [0.3, 0.4) is 0 Å². The number of fused-ring (bicyclic) bond motifs is 3. The highest BCUT2D eigenvalue weighted by molar-refractivity contribution is 6.08. The van der Waals surface area contributed by atoms with Crippen LogP contribution in [0.15, 0.2) is 42.5 Å². The van der Waals surface area contributed by atoms with Gasteiger partial charge in [0.05, 0.1) is 6.61 Å². The fourth-order valence-corrected chi connectivity index (χ4v) is 4.26. The van der Waals surface area contributed by atoms with E-state index in [2.05, 4.69) is 58.9 Å². The molecule has 2 aromatic carbocycles. The molecule has 1 atom stereocenters. The van der Waals surface area contributed by atoms with Crippen LogP contribution in [0.25, 0.3) is 21.8 Å². The Bertz CT molecular complexity index is 901. The molecule has 1 fully saturated rings. The summed E-state index contributed by atoms with van der Waals surface area (Å²) in [6.45, 7) is 6.03. The average molecular weight is 338 g/mol. The predicted molar refractivity (Wildman–Crippen MR) is 102 cm³/mol. The van der Waals surface area contributed by atoms with E-state index < -0.39 is 5.60 Å². The van der Waals surface area contributed by atoms with E-state index in [0.717, 1.165) is 26.1 Å².